The van der Waals surface area contributed by atoms with E-state index in [4.69, 9.17) is 0 Å². The standard InChI is InChI=1S/C20H14N2O7S2/c23-18-10-6-13-11-14(30(24,25)26)7-8-15(13)19(18)22-21-17-9-5-12-3-1-2-4-16(12)20(17)31(27,28)29/h1-11,23H,(H,24,25,26)(H,27,28,29). The first-order valence-electron chi connectivity index (χ1n) is 8.70. The Morgan fingerprint density at radius 1 is 0.677 bits per heavy atom. The van der Waals surface area contributed by atoms with Crippen LogP contribution in [0.1, 0.15) is 0 Å². The molecule has 0 bridgehead atoms. The van der Waals surface area contributed by atoms with Crippen molar-refractivity contribution in [2.45, 2.75) is 9.79 Å². The molecule has 0 saturated heterocycles. The van der Waals surface area contributed by atoms with E-state index < -0.39 is 25.1 Å². The molecule has 0 aromatic heterocycles. The smallest absolute Gasteiger partial charge is 0.297 e. The summed E-state index contributed by atoms with van der Waals surface area (Å²) in [6, 6.07) is 15.8. The number of rotatable bonds is 4. The van der Waals surface area contributed by atoms with E-state index in [1.807, 2.05) is 0 Å². The minimum absolute atomic E-state index is 0.0474. The van der Waals surface area contributed by atoms with E-state index in [1.54, 1.807) is 24.3 Å². The molecule has 0 unspecified atom stereocenters. The van der Waals surface area contributed by atoms with Gasteiger partial charge in [-0.2, -0.15) is 16.8 Å². The van der Waals surface area contributed by atoms with Gasteiger partial charge in [-0.25, -0.2) is 0 Å². The minimum atomic E-state index is -4.65. The molecule has 0 heterocycles. The van der Waals surface area contributed by atoms with Crippen molar-refractivity contribution in [2.75, 3.05) is 0 Å². The van der Waals surface area contributed by atoms with Crippen LogP contribution < -0.4 is 0 Å². The highest BCUT2D eigenvalue weighted by Gasteiger charge is 2.20. The van der Waals surface area contributed by atoms with Gasteiger partial charge in [0, 0.05) is 10.8 Å². The number of nitrogens with zero attached hydrogens (tertiary/aromatic N) is 2. The Morgan fingerprint density at radius 3 is 2.10 bits per heavy atom. The van der Waals surface area contributed by atoms with Gasteiger partial charge in [0.2, 0.25) is 0 Å². The first-order chi connectivity index (χ1) is 14.6. The maximum atomic E-state index is 12.0. The zero-order valence-corrected chi connectivity index (χ0v) is 17.2. The lowest BCUT2D eigenvalue weighted by Crippen LogP contribution is -1.99. The molecule has 31 heavy (non-hydrogen) atoms. The largest absolute Gasteiger partial charge is 0.506 e. The van der Waals surface area contributed by atoms with Crippen molar-refractivity contribution in [3.05, 3.63) is 66.7 Å². The molecule has 4 aromatic carbocycles. The predicted octanol–water partition coefficient (Wildman–Crippen LogP) is 4.61. The van der Waals surface area contributed by atoms with Crippen molar-refractivity contribution in [3.8, 4) is 5.75 Å². The van der Waals surface area contributed by atoms with Crippen LogP contribution in [0.15, 0.2) is 86.7 Å². The van der Waals surface area contributed by atoms with Gasteiger partial charge in [-0.05, 0) is 35.0 Å². The maximum Gasteiger partial charge on any atom is 0.297 e. The van der Waals surface area contributed by atoms with Crippen molar-refractivity contribution in [2.24, 2.45) is 10.2 Å². The molecule has 3 N–H and O–H groups in total. The van der Waals surface area contributed by atoms with Crippen molar-refractivity contribution in [3.63, 3.8) is 0 Å². The van der Waals surface area contributed by atoms with Crippen LogP contribution in [0.2, 0.25) is 0 Å². The number of phenols is 1. The normalized spacial score (nSPS) is 12.7. The molecule has 11 heteroatoms. The fourth-order valence-electron chi connectivity index (χ4n) is 3.23. The molecule has 0 saturated carbocycles. The summed E-state index contributed by atoms with van der Waals surface area (Å²) in [5, 5.41) is 19.6. The van der Waals surface area contributed by atoms with Gasteiger partial charge < -0.3 is 5.11 Å². The van der Waals surface area contributed by atoms with Crippen LogP contribution >= 0.6 is 0 Å². The van der Waals surface area contributed by atoms with Gasteiger partial charge in [0.25, 0.3) is 20.2 Å². The third-order valence-corrected chi connectivity index (χ3v) is 6.41. The summed E-state index contributed by atoms with van der Waals surface area (Å²) in [6.45, 7) is 0. The van der Waals surface area contributed by atoms with Crippen LogP contribution in [0.4, 0.5) is 11.4 Å². The molecule has 0 fully saturated rings. The maximum absolute atomic E-state index is 12.0. The summed E-state index contributed by atoms with van der Waals surface area (Å²) in [5.74, 6) is -0.287. The summed E-state index contributed by atoms with van der Waals surface area (Å²) in [4.78, 5) is -0.764. The third-order valence-electron chi connectivity index (χ3n) is 4.61. The highest BCUT2D eigenvalue weighted by molar-refractivity contribution is 7.86. The first-order valence-corrected chi connectivity index (χ1v) is 11.6. The molecule has 0 aliphatic carbocycles. The van der Waals surface area contributed by atoms with E-state index in [-0.39, 0.29) is 27.4 Å². The average molecular weight is 458 g/mol. The minimum Gasteiger partial charge on any atom is -0.506 e. The van der Waals surface area contributed by atoms with Crippen LogP contribution in [-0.2, 0) is 20.2 Å². The molecular formula is C20H14N2O7S2. The van der Waals surface area contributed by atoms with E-state index in [9.17, 15) is 31.0 Å². The fraction of sp³-hybridized carbons (Fsp3) is 0. The lowest BCUT2D eigenvalue weighted by atomic mass is 10.1. The van der Waals surface area contributed by atoms with Crippen molar-refractivity contribution >= 4 is 53.2 Å². The quantitative estimate of drug-likeness (QED) is 0.298. The number of hydrogen-bond acceptors (Lipinski definition) is 7. The molecule has 0 amide bonds. The number of azo groups is 1. The fourth-order valence-corrected chi connectivity index (χ4v) is 4.58. The van der Waals surface area contributed by atoms with Crippen LogP contribution in [0.25, 0.3) is 21.5 Å². The summed E-state index contributed by atoms with van der Waals surface area (Å²) in [7, 11) is -9.08. The van der Waals surface area contributed by atoms with Crippen molar-refractivity contribution in [1.82, 2.24) is 0 Å². The number of hydrogen-bond donors (Lipinski definition) is 3. The molecular weight excluding hydrogens is 444 g/mol. The Balaban J connectivity index is 1.91. The number of aromatic hydroxyl groups is 1. The topological polar surface area (TPSA) is 154 Å². The second kappa shape index (κ2) is 7.39. The lowest BCUT2D eigenvalue weighted by molar-refractivity contribution is 0.477. The molecule has 0 radical (unpaired) electrons. The van der Waals surface area contributed by atoms with Gasteiger partial charge in [0.05, 0.1) is 4.90 Å². The molecule has 4 aromatic rings. The van der Waals surface area contributed by atoms with E-state index in [1.165, 1.54) is 36.4 Å². The third kappa shape index (κ3) is 3.99. The van der Waals surface area contributed by atoms with E-state index in [2.05, 4.69) is 10.2 Å². The molecule has 4 rings (SSSR count). The van der Waals surface area contributed by atoms with Gasteiger partial charge >= 0.3 is 0 Å². The Bertz CT molecular complexity index is 1600. The molecule has 9 nitrogen and oxygen atoms in total. The van der Waals surface area contributed by atoms with Crippen LogP contribution in [0.5, 0.6) is 5.75 Å². The Hall–Kier alpha value is -3.38. The Labute approximate surface area is 176 Å². The Kier molecular flexibility index (Phi) is 4.98. The van der Waals surface area contributed by atoms with Crippen LogP contribution in [0.3, 0.4) is 0 Å². The SMILES string of the molecule is O=S(=O)(O)c1ccc2c(N=Nc3ccc4ccccc4c3S(=O)(=O)O)c(O)ccc2c1. The molecule has 0 aliphatic rings. The summed E-state index contributed by atoms with van der Waals surface area (Å²) in [5.41, 5.74) is -0.194. The number of phenolic OH excluding ortho intramolecular Hbond substituents is 1. The highest BCUT2D eigenvalue weighted by Crippen LogP contribution is 2.39. The van der Waals surface area contributed by atoms with Crippen molar-refractivity contribution in [1.29, 1.82) is 0 Å². The van der Waals surface area contributed by atoms with Gasteiger partial charge in [0.1, 0.15) is 22.0 Å². The van der Waals surface area contributed by atoms with E-state index >= 15 is 0 Å². The molecule has 0 spiro atoms. The highest BCUT2D eigenvalue weighted by atomic mass is 32.2. The zero-order valence-electron chi connectivity index (χ0n) is 15.5. The molecule has 158 valence electrons. The van der Waals surface area contributed by atoms with E-state index in [0.29, 0.717) is 16.2 Å². The Morgan fingerprint density at radius 2 is 1.39 bits per heavy atom. The lowest BCUT2D eigenvalue weighted by Gasteiger charge is -2.08. The number of benzene rings is 4. The van der Waals surface area contributed by atoms with E-state index in [0.717, 1.165) is 6.07 Å². The second-order valence-corrected chi connectivity index (χ2v) is 9.38. The second-order valence-electron chi connectivity index (χ2n) is 6.60. The van der Waals surface area contributed by atoms with Crippen LogP contribution in [0, 0.1) is 0 Å². The summed E-state index contributed by atoms with van der Waals surface area (Å²) >= 11 is 0. The summed E-state index contributed by atoms with van der Waals surface area (Å²) < 4.78 is 65.7. The van der Waals surface area contributed by atoms with Gasteiger partial charge in [-0.1, -0.05) is 42.5 Å². The monoisotopic (exact) mass is 458 g/mol. The van der Waals surface area contributed by atoms with Crippen molar-refractivity contribution < 1.29 is 31.0 Å². The first kappa shape index (κ1) is 20.9. The molecule has 0 atom stereocenters. The average Bonchev–Trinajstić information content (AvgIpc) is 2.70. The van der Waals surface area contributed by atoms with Crippen LogP contribution in [-0.4, -0.2) is 31.0 Å². The van der Waals surface area contributed by atoms with Gasteiger partial charge in [-0.15, -0.1) is 10.2 Å². The number of fused-ring (bicyclic) bond motifs is 2. The predicted molar refractivity (Wildman–Crippen MR) is 113 cm³/mol. The van der Waals surface area contributed by atoms with Gasteiger partial charge in [0.15, 0.2) is 0 Å². The summed E-state index contributed by atoms with van der Waals surface area (Å²) in [6.07, 6.45) is 0. The molecule has 0 aliphatic heterocycles. The zero-order chi connectivity index (χ0) is 22.4. The van der Waals surface area contributed by atoms with Gasteiger partial charge in [-0.3, -0.25) is 9.11 Å².